The number of nitrogens with one attached hydrogen (secondary N) is 1. The lowest BCUT2D eigenvalue weighted by Gasteiger charge is -2.17. The van der Waals surface area contributed by atoms with Crippen molar-refractivity contribution in [3.63, 3.8) is 0 Å². The van der Waals surface area contributed by atoms with Gasteiger partial charge in [-0.05, 0) is 29.2 Å². The third-order valence-electron chi connectivity index (χ3n) is 5.87. The lowest BCUT2D eigenvalue weighted by Crippen LogP contribution is -2.21. The highest BCUT2D eigenvalue weighted by Gasteiger charge is 2.14. The molecule has 0 aliphatic carbocycles. The number of rotatable bonds is 16. The monoisotopic (exact) mass is 494 g/mol. The van der Waals surface area contributed by atoms with E-state index < -0.39 is 0 Å². The molecule has 3 rings (SSSR count). The van der Waals surface area contributed by atoms with Gasteiger partial charge in [-0.2, -0.15) is 0 Å². The lowest BCUT2D eigenvalue weighted by atomic mass is 9.97. The Morgan fingerprint density at radius 3 is 2.17 bits per heavy atom. The Labute approximate surface area is 214 Å². The van der Waals surface area contributed by atoms with E-state index >= 15 is 0 Å². The molecule has 0 unspecified atom stereocenters. The molecule has 0 amide bonds. The lowest BCUT2D eigenvalue weighted by molar-refractivity contribution is 0.0517. The summed E-state index contributed by atoms with van der Waals surface area (Å²) in [4.78, 5) is 0. The highest BCUT2D eigenvalue weighted by Crippen LogP contribution is 2.35. The van der Waals surface area contributed by atoms with E-state index in [4.69, 9.17) is 29.4 Å². The van der Waals surface area contributed by atoms with Gasteiger partial charge in [-0.15, -0.1) is 0 Å². The molecule has 0 aliphatic heterocycles. The summed E-state index contributed by atoms with van der Waals surface area (Å²) in [6.45, 7) is 6.62. The highest BCUT2D eigenvalue weighted by molar-refractivity contribution is 5.68. The van der Waals surface area contributed by atoms with Crippen LogP contribution in [0.3, 0.4) is 0 Å². The number of benzene rings is 3. The highest BCUT2D eigenvalue weighted by atomic mass is 16.5. The quantitative estimate of drug-likeness (QED) is 0.287. The first-order chi connectivity index (χ1) is 17.7. The van der Waals surface area contributed by atoms with Crippen molar-refractivity contribution in [2.45, 2.75) is 20.1 Å². The fourth-order valence-electron chi connectivity index (χ4n) is 3.91. The molecule has 0 radical (unpaired) electrons. The van der Waals surface area contributed by atoms with E-state index in [1.807, 2.05) is 18.2 Å². The van der Waals surface area contributed by atoms with Crippen LogP contribution >= 0.6 is 0 Å². The summed E-state index contributed by atoms with van der Waals surface area (Å²) in [5.41, 5.74) is 11.1. The zero-order valence-corrected chi connectivity index (χ0v) is 21.5. The van der Waals surface area contributed by atoms with Gasteiger partial charge in [-0.1, -0.05) is 48.5 Å². The number of methoxy groups -OCH3 is 2. The van der Waals surface area contributed by atoms with Crippen LogP contribution in [-0.4, -0.2) is 53.7 Å². The van der Waals surface area contributed by atoms with Gasteiger partial charge in [-0.3, -0.25) is 0 Å². The molecule has 0 aliphatic rings. The molecule has 0 atom stereocenters. The van der Waals surface area contributed by atoms with Gasteiger partial charge < -0.3 is 34.7 Å². The molecule has 7 heteroatoms. The molecule has 0 saturated carbocycles. The van der Waals surface area contributed by atoms with Crippen LogP contribution in [0.25, 0.3) is 11.1 Å². The Balaban J connectivity index is 1.59. The molecule has 7 nitrogen and oxygen atoms in total. The first kappa shape index (κ1) is 27.5. The summed E-state index contributed by atoms with van der Waals surface area (Å²) >= 11 is 0. The van der Waals surface area contributed by atoms with Crippen LogP contribution in [0.15, 0.2) is 60.7 Å². The molecule has 194 valence electrons. The van der Waals surface area contributed by atoms with Crippen LogP contribution in [0.5, 0.6) is 17.2 Å². The Bertz CT molecular complexity index is 1030. The van der Waals surface area contributed by atoms with Crippen molar-refractivity contribution < 1.29 is 23.7 Å². The van der Waals surface area contributed by atoms with Crippen molar-refractivity contribution >= 4 is 0 Å². The van der Waals surface area contributed by atoms with Crippen LogP contribution in [0.4, 0.5) is 0 Å². The van der Waals surface area contributed by atoms with E-state index in [0.717, 1.165) is 11.1 Å². The first-order valence-corrected chi connectivity index (χ1v) is 12.3. The average molecular weight is 495 g/mol. The minimum absolute atomic E-state index is 0.447. The summed E-state index contributed by atoms with van der Waals surface area (Å²) in [5.74, 6) is 2.11. The van der Waals surface area contributed by atoms with Gasteiger partial charge in [0.1, 0.15) is 23.9 Å². The number of hydrogen-bond acceptors (Lipinski definition) is 7. The van der Waals surface area contributed by atoms with Crippen LogP contribution in [0, 0.1) is 6.92 Å². The predicted molar refractivity (Wildman–Crippen MR) is 143 cm³/mol. The maximum Gasteiger partial charge on any atom is 0.130 e. The second-order valence-corrected chi connectivity index (χ2v) is 8.24. The topological polar surface area (TPSA) is 84.2 Å². The summed E-state index contributed by atoms with van der Waals surface area (Å²) in [6.07, 6.45) is 0. The molecule has 0 saturated heterocycles. The molecule has 3 aromatic carbocycles. The smallest absolute Gasteiger partial charge is 0.130 e. The summed E-state index contributed by atoms with van der Waals surface area (Å²) in [7, 11) is 3.31. The normalized spacial score (nSPS) is 10.9. The number of ether oxygens (including phenoxy) is 5. The van der Waals surface area contributed by atoms with Crippen molar-refractivity contribution in [1.29, 1.82) is 0 Å². The van der Waals surface area contributed by atoms with Gasteiger partial charge in [0, 0.05) is 31.8 Å². The van der Waals surface area contributed by atoms with Crippen molar-refractivity contribution in [1.82, 2.24) is 5.32 Å². The zero-order chi connectivity index (χ0) is 25.6. The van der Waals surface area contributed by atoms with Crippen LogP contribution in [-0.2, 0) is 22.6 Å². The molecule has 0 fully saturated rings. The summed E-state index contributed by atoms with van der Waals surface area (Å²) in [6, 6.07) is 20.5. The molecule has 0 bridgehead atoms. The van der Waals surface area contributed by atoms with Gasteiger partial charge in [0.2, 0.25) is 0 Å². The molecular formula is C29H38N2O5. The third kappa shape index (κ3) is 7.96. The minimum Gasteiger partial charge on any atom is -0.496 e. The number of hydrogen-bond donors (Lipinski definition) is 2. The SMILES string of the molecule is COc1cc(OCc2cccc(-c3ccccc3)c2C)cc(OC)c1CNCCOCCOCCN. The van der Waals surface area contributed by atoms with E-state index in [1.165, 1.54) is 16.7 Å². The molecule has 36 heavy (non-hydrogen) atoms. The van der Waals surface area contributed by atoms with Crippen molar-refractivity contribution in [3.05, 3.63) is 77.4 Å². The van der Waals surface area contributed by atoms with E-state index in [-0.39, 0.29) is 0 Å². The maximum atomic E-state index is 6.18. The molecule has 3 N–H and O–H groups in total. The van der Waals surface area contributed by atoms with Gasteiger partial charge in [-0.25, -0.2) is 0 Å². The molecule has 3 aromatic rings. The zero-order valence-electron chi connectivity index (χ0n) is 21.5. The molecular weight excluding hydrogens is 456 g/mol. The second-order valence-electron chi connectivity index (χ2n) is 8.24. The molecule has 0 heterocycles. The Morgan fingerprint density at radius 2 is 1.50 bits per heavy atom. The fraction of sp³-hybridized carbons (Fsp3) is 0.379. The number of nitrogens with two attached hydrogens (primary N) is 1. The fourth-order valence-corrected chi connectivity index (χ4v) is 3.91. The summed E-state index contributed by atoms with van der Waals surface area (Å²) in [5, 5.41) is 3.37. The largest absolute Gasteiger partial charge is 0.496 e. The van der Waals surface area contributed by atoms with Crippen LogP contribution in [0.2, 0.25) is 0 Å². The minimum atomic E-state index is 0.447. The Hall–Kier alpha value is -3.10. The van der Waals surface area contributed by atoms with E-state index in [2.05, 4.69) is 54.7 Å². The van der Waals surface area contributed by atoms with Crippen molar-refractivity contribution in [3.8, 4) is 28.4 Å². The van der Waals surface area contributed by atoms with Crippen LogP contribution in [0.1, 0.15) is 16.7 Å². The van der Waals surface area contributed by atoms with Gasteiger partial charge in [0.25, 0.3) is 0 Å². The Morgan fingerprint density at radius 1 is 0.806 bits per heavy atom. The van der Waals surface area contributed by atoms with Crippen molar-refractivity contribution in [2.24, 2.45) is 5.73 Å². The van der Waals surface area contributed by atoms with Gasteiger partial charge in [0.05, 0.1) is 46.2 Å². The van der Waals surface area contributed by atoms with E-state index in [1.54, 1.807) is 14.2 Å². The van der Waals surface area contributed by atoms with Crippen molar-refractivity contribution in [2.75, 3.05) is 53.7 Å². The standard InChI is InChI=1S/C29H38N2O5/c1-22-24(10-7-11-26(22)23-8-5-4-6-9-23)21-36-25-18-28(32-2)27(29(19-25)33-3)20-31-13-15-35-17-16-34-14-12-30/h4-11,18-19,31H,12-17,20-21,30H2,1-3H3. The van der Waals surface area contributed by atoms with Gasteiger partial charge >= 0.3 is 0 Å². The molecule has 0 spiro atoms. The predicted octanol–water partition coefficient (Wildman–Crippen LogP) is 4.34. The summed E-state index contributed by atoms with van der Waals surface area (Å²) < 4.78 is 28.3. The third-order valence-corrected chi connectivity index (χ3v) is 5.87. The Kier molecular flexibility index (Phi) is 11.5. The average Bonchev–Trinajstić information content (AvgIpc) is 2.92. The first-order valence-electron chi connectivity index (χ1n) is 12.3. The second kappa shape index (κ2) is 15.1. The van der Waals surface area contributed by atoms with E-state index in [9.17, 15) is 0 Å². The van der Waals surface area contributed by atoms with Gasteiger partial charge in [0.15, 0.2) is 0 Å². The molecule has 0 aromatic heterocycles. The van der Waals surface area contributed by atoms with Crippen LogP contribution < -0.4 is 25.3 Å². The maximum absolute atomic E-state index is 6.18. The van der Waals surface area contributed by atoms with E-state index in [0.29, 0.717) is 69.9 Å².